The Morgan fingerprint density at radius 1 is 1.50 bits per heavy atom. The number of carbonyl (C=O) groups is 1. The van der Waals surface area contributed by atoms with Crippen molar-refractivity contribution >= 4 is 5.91 Å². The SMILES string of the molecule is CCCC(C)(N)C(=O)N(C)Cc1c(C)noc1C. The van der Waals surface area contributed by atoms with Gasteiger partial charge in [-0.2, -0.15) is 0 Å². The highest BCUT2D eigenvalue weighted by Gasteiger charge is 2.30. The van der Waals surface area contributed by atoms with Crippen LogP contribution in [0.3, 0.4) is 0 Å². The van der Waals surface area contributed by atoms with Crippen LogP contribution < -0.4 is 5.73 Å². The summed E-state index contributed by atoms with van der Waals surface area (Å²) >= 11 is 0. The highest BCUT2D eigenvalue weighted by Crippen LogP contribution is 2.17. The van der Waals surface area contributed by atoms with Gasteiger partial charge in [-0.25, -0.2) is 0 Å². The summed E-state index contributed by atoms with van der Waals surface area (Å²) in [5.74, 6) is 0.700. The summed E-state index contributed by atoms with van der Waals surface area (Å²) in [6.45, 7) is 8.00. The summed E-state index contributed by atoms with van der Waals surface area (Å²) in [5, 5.41) is 3.88. The van der Waals surface area contributed by atoms with E-state index in [1.807, 2.05) is 20.8 Å². The predicted octanol–water partition coefficient (Wildman–Crippen LogP) is 1.77. The van der Waals surface area contributed by atoms with Crippen molar-refractivity contribution in [3.05, 3.63) is 17.0 Å². The van der Waals surface area contributed by atoms with Gasteiger partial charge in [-0.3, -0.25) is 4.79 Å². The Labute approximate surface area is 108 Å². The lowest BCUT2D eigenvalue weighted by atomic mass is 9.95. The fourth-order valence-corrected chi connectivity index (χ4v) is 2.10. The van der Waals surface area contributed by atoms with Crippen LogP contribution >= 0.6 is 0 Å². The second-order valence-electron chi connectivity index (χ2n) is 5.13. The normalized spacial score (nSPS) is 14.3. The molecule has 0 bridgehead atoms. The molecule has 5 nitrogen and oxygen atoms in total. The van der Waals surface area contributed by atoms with E-state index in [1.165, 1.54) is 0 Å². The molecular weight excluding hydrogens is 230 g/mol. The first-order chi connectivity index (χ1) is 8.29. The Hall–Kier alpha value is -1.36. The predicted molar refractivity (Wildman–Crippen MR) is 70.0 cm³/mol. The lowest BCUT2D eigenvalue weighted by Gasteiger charge is -2.29. The molecule has 0 saturated heterocycles. The third-order valence-electron chi connectivity index (χ3n) is 3.18. The van der Waals surface area contributed by atoms with Crippen molar-refractivity contribution in [1.29, 1.82) is 0 Å². The zero-order valence-corrected chi connectivity index (χ0v) is 11.9. The first-order valence-corrected chi connectivity index (χ1v) is 6.25. The Balaban J connectivity index is 2.77. The molecule has 0 spiro atoms. The van der Waals surface area contributed by atoms with Gasteiger partial charge in [-0.05, 0) is 27.2 Å². The molecule has 2 N–H and O–H groups in total. The van der Waals surface area contributed by atoms with Gasteiger partial charge in [0.1, 0.15) is 5.76 Å². The van der Waals surface area contributed by atoms with Crippen LogP contribution in [0.5, 0.6) is 0 Å². The van der Waals surface area contributed by atoms with Gasteiger partial charge >= 0.3 is 0 Å². The molecule has 102 valence electrons. The molecule has 1 unspecified atom stereocenters. The molecule has 1 amide bonds. The second kappa shape index (κ2) is 5.52. The van der Waals surface area contributed by atoms with Crippen molar-refractivity contribution in [1.82, 2.24) is 10.1 Å². The van der Waals surface area contributed by atoms with E-state index in [-0.39, 0.29) is 5.91 Å². The summed E-state index contributed by atoms with van der Waals surface area (Å²) in [7, 11) is 1.76. The zero-order chi connectivity index (χ0) is 13.9. The smallest absolute Gasteiger partial charge is 0.242 e. The molecule has 1 atom stereocenters. The molecule has 0 aliphatic carbocycles. The van der Waals surface area contributed by atoms with E-state index in [9.17, 15) is 4.79 Å². The topological polar surface area (TPSA) is 72.4 Å². The fraction of sp³-hybridized carbons (Fsp3) is 0.692. The monoisotopic (exact) mass is 253 g/mol. The van der Waals surface area contributed by atoms with Crippen LogP contribution in [0.15, 0.2) is 4.52 Å². The van der Waals surface area contributed by atoms with Crippen LogP contribution in [0.1, 0.15) is 43.7 Å². The number of aryl methyl sites for hydroxylation is 2. The summed E-state index contributed by atoms with van der Waals surface area (Å²) in [6, 6.07) is 0. The highest BCUT2D eigenvalue weighted by atomic mass is 16.5. The van der Waals surface area contributed by atoms with Crippen molar-refractivity contribution in [3.63, 3.8) is 0 Å². The molecule has 0 saturated carbocycles. The number of hydrogen-bond donors (Lipinski definition) is 1. The Morgan fingerprint density at radius 2 is 2.11 bits per heavy atom. The van der Waals surface area contributed by atoms with Crippen molar-refractivity contribution < 1.29 is 9.32 Å². The maximum atomic E-state index is 12.3. The minimum absolute atomic E-state index is 0.0515. The van der Waals surface area contributed by atoms with Crippen LogP contribution in [0.25, 0.3) is 0 Å². The van der Waals surface area contributed by atoms with Gasteiger partial charge in [-0.15, -0.1) is 0 Å². The number of hydrogen-bond acceptors (Lipinski definition) is 4. The van der Waals surface area contributed by atoms with Gasteiger partial charge < -0.3 is 15.2 Å². The first kappa shape index (κ1) is 14.7. The molecule has 1 aromatic rings. The second-order valence-corrected chi connectivity index (χ2v) is 5.13. The van der Waals surface area contributed by atoms with E-state index >= 15 is 0 Å². The van der Waals surface area contributed by atoms with Gasteiger partial charge in [-0.1, -0.05) is 18.5 Å². The van der Waals surface area contributed by atoms with Crippen LogP contribution in [0, 0.1) is 13.8 Å². The number of nitrogens with two attached hydrogens (primary N) is 1. The summed E-state index contributed by atoms with van der Waals surface area (Å²) < 4.78 is 5.09. The Morgan fingerprint density at radius 3 is 2.56 bits per heavy atom. The summed E-state index contributed by atoms with van der Waals surface area (Å²) in [5.41, 5.74) is 7.02. The first-order valence-electron chi connectivity index (χ1n) is 6.25. The van der Waals surface area contributed by atoms with E-state index < -0.39 is 5.54 Å². The summed E-state index contributed by atoms with van der Waals surface area (Å²) in [6.07, 6.45) is 1.57. The number of likely N-dealkylation sites (N-methyl/N-ethyl adjacent to an activating group) is 1. The number of carbonyl (C=O) groups excluding carboxylic acids is 1. The lowest BCUT2D eigenvalue weighted by Crippen LogP contribution is -2.51. The molecule has 0 aromatic carbocycles. The minimum Gasteiger partial charge on any atom is -0.361 e. The third kappa shape index (κ3) is 3.10. The van der Waals surface area contributed by atoms with E-state index in [2.05, 4.69) is 5.16 Å². The fourth-order valence-electron chi connectivity index (χ4n) is 2.10. The van der Waals surface area contributed by atoms with E-state index in [0.29, 0.717) is 13.0 Å². The van der Waals surface area contributed by atoms with Crippen molar-refractivity contribution in [2.24, 2.45) is 5.73 Å². The molecule has 5 heteroatoms. The molecule has 1 rings (SSSR count). The molecule has 0 fully saturated rings. The van der Waals surface area contributed by atoms with Crippen LogP contribution in [0.4, 0.5) is 0 Å². The van der Waals surface area contributed by atoms with Gasteiger partial charge in [0.2, 0.25) is 5.91 Å². The number of rotatable bonds is 5. The number of aromatic nitrogens is 1. The average Bonchev–Trinajstić information content (AvgIpc) is 2.59. The van der Waals surface area contributed by atoms with Gasteiger partial charge in [0.05, 0.1) is 17.8 Å². The largest absolute Gasteiger partial charge is 0.361 e. The van der Waals surface area contributed by atoms with Crippen molar-refractivity contribution in [2.75, 3.05) is 7.05 Å². The van der Waals surface area contributed by atoms with E-state index in [0.717, 1.165) is 23.4 Å². The average molecular weight is 253 g/mol. The zero-order valence-electron chi connectivity index (χ0n) is 11.9. The van der Waals surface area contributed by atoms with Gasteiger partial charge in [0.25, 0.3) is 0 Å². The molecule has 0 aliphatic rings. The van der Waals surface area contributed by atoms with E-state index in [4.69, 9.17) is 10.3 Å². The molecule has 0 radical (unpaired) electrons. The minimum atomic E-state index is -0.803. The molecule has 0 aliphatic heterocycles. The third-order valence-corrected chi connectivity index (χ3v) is 3.18. The molecule has 1 heterocycles. The van der Waals surface area contributed by atoms with E-state index in [1.54, 1.807) is 18.9 Å². The maximum absolute atomic E-state index is 12.3. The van der Waals surface area contributed by atoms with Crippen LogP contribution in [0.2, 0.25) is 0 Å². The van der Waals surface area contributed by atoms with Crippen LogP contribution in [-0.2, 0) is 11.3 Å². The lowest BCUT2D eigenvalue weighted by molar-refractivity contribution is -0.135. The quantitative estimate of drug-likeness (QED) is 0.868. The molecule has 1 aromatic heterocycles. The number of amides is 1. The van der Waals surface area contributed by atoms with Gasteiger partial charge in [0.15, 0.2) is 0 Å². The summed E-state index contributed by atoms with van der Waals surface area (Å²) in [4.78, 5) is 13.9. The molecular formula is C13H23N3O2. The van der Waals surface area contributed by atoms with Crippen LogP contribution in [-0.4, -0.2) is 28.6 Å². The Kier molecular flexibility index (Phi) is 4.51. The van der Waals surface area contributed by atoms with Crippen molar-refractivity contribution in [2.45, 2.75) is 52.6 Å². The standard InChI is InChI=1S/C13H23N3O2/c1-6-7-13(4,14)12(17)16(5)8-11-9(2)15-18-10(11)3/h6-8,14H2,1-5H3. The number of nitrogens with zero attached hydrogens (tertiary/aromatic N) is 2. The molecule has 18 heavy (non-hydrogen) atoms. The maximum Gasteiger partial charge on any atom is 0.242 e. The highest BCUT2D eigenvalue weighted by molar-refractivity contribution is 5.85. The van der Waals surface area contributed by atoms with Crippen molar-refractivity contribution in [3.8, 4) is 0 Å². The van der Waals surface area contributed by atoms with Gasteiger partial charge in [0, 0.05) is 12.6 Å². The Bertz CT molecular complexity index is 404.